The normalized spacial score (nSPS) is 14.5. The van der Waals surface area contributed by atoms with Crippen LogP contribution in [0.1, 0.15) is 213 Å². The number of quaternary nitrogens is 1. The number of phosphoric acid groups is 1. The molecule has 0 radical (unpaired) electrons. The summed E-state index contributed by atoms with van der Waals surface area (Å²) in [6.45, 7) is 4.83. The summed E-state index contributed by atoms with van der Waals surface area (Å²) in [5.41, 5.74) is 0. The summed E-state index contributed by atoms with van der Waals surface area (Å²) >= 11 is 0. The van der Waals surface area contributed by atoms with E-state index in [2.05, 4.69) is 31.3 Å². The lowest BCUT2D eigenvalue weighted by Crippen LogP contribution is -2.46. The second-order valence-electron chi connectivity index (χ2n) is 16.8. The van der Waals surface area contributed by atoms with Gasteiger partial charge in [0.2, 0.25) is 5.91 Å². The summed E-state index contributed by atoms with van der Waals surface area (Å²) in [6.07, 6.45) is 41.2. The van der Waals surface area contributed by atoms with E-state index in [1.54, 1.807) is 0 Å². The third-order valence-electron chi connectivity index (χ3n) is 10.3. The third kappa shape index (κ3) is 39.3. The van der Waals surface area contributed by atoms with Crippen molar-refractivity contribution in [1.82, 2.24) is 5.32 Å². The summed E-state index contributed by atoms with van der Waals surface area (Å²) < 4.78 is 23.5. The van der Waals surface area contributed by atoms with Crippen molar-refractivity contribution in [2.75, 3.05) is 40.9 Å². The van der Waals surface area contributed by atoms with Crippen molar-refractivity contribution >= 4 is 13.7 Å². The highest BCUT2D eigenvalue weighted by Crippen LogP contribution is 2.43. The zero-order chi connectivity index (χ0) is 39.3. The minimum absolute atomic E-state index is 0.0718. The van der Waals surface area contributed by atoms with Crippen LogP contribution in [0, 0.1) is 0 Å². The Labute approximate surface area is 329 Å². The van der Waals surface area contributed by atoms with Gasteiger partial charge in [0.25, 0.3) is 0 Å². The van der Waals surface area contributed by atoms with Crippen LogP contribution >= 0.6 is 7.82 Å². The predicted molar refractivity (Wildman–Crippen MR) is 226 cm³/mol. The van der Waals surface area contributed by atoms with Crippen LogP contribution in [-0.2, 0) is 18.4 Å². The first-order chi connectivity index (χ1) is 25.5. The number of aliphatic hydroxyl groups excluding tert-OH is 1. The van der Waals surface area contributed by atoms with E-state index in [1.165, 1.54) is 141 Å². The molecule has 0 saturated heterocycles. The number of carbonyl (C=O) groups is 1. The highest BCUT2D eigenvalue weighted by molar-refractivity contribution is 7.47. The maximum atomic E-state index is 12.8. The lowest BCUT2D eigenvalue weighted by atomic mass is 10.0. The number of phosphoric ester groups is 1. The van der Waals surface area contributed by atoms with E-state index in [1.807, 2.05) is 21.1 Å². The largest absolute Gasteiger partial charge is 0.472 e. The molecule has 0 aliphatic carbocycles. The van der Waals surface area contributed by atoms with E-state index < -0.39 is 20.0 Å². The molecule has 0 aliphatic heterocycles. The van der Waals surface area contributed by atoms with Gasteiger partial charge in [0.15, 0.2) is 0 Å². The zero-order valence-corrected chi connectivity index (χ0v) is 36.7. The van der Waals surface area contributed by atoms with Gasteiger partial charge in [0.1, 0.15) is 13.2 Å². The number of nitrogens with one attached hydrogen (secondary N) is 1. The fourth-order valence-electron chi connectivity index (χ4n) is 6.63. The van der Waals surface area contributed by atoms with Crippen molar-refractivity contribution in [3.8, 4) is 0 Å². The SMILES string of the molecule is CCCCC/C=C/CCCC[C@@H](O)[C@H](COP(=O)(O)OCC[N+](C)(C)C)NC(=O)CCCCCCCCCCCCCCCCCCCCCCCC. The molecular weight excluding hydrogens is 683 g/mol. The van der Waals surface area contributed by atoms with Crippen LogP contribution in [0.15, 0.2) is 12.2 Å². The number of likely N-dealkylation sites (N-methyl/N-ethyl adjacent to an activating group) is 1. The van der Waals surface area contributed by atoms with Gasteiger partial charge in [-0.3, -0.25) is 13.8 Å². The Bertz CT molecular complexity index is 880. The fraction of sp³-hybridized carbons (Fsp3) is 0.932. The Hall–Kier alpha value is -0.760. The molecule has 0 aliphatic rings. The number of carbonyl (C=O) groups excluding carboxylic acids is 1. The summed E-state index contributed by atoms with van der Waals surface area (Å²) in [4.78, 5) is 23.1. The van der Waals surface area contributed by atoms with Crippen LogP contribution in [0.4, 0.5) is 0 Å². The fourth-order valence-corrected chi connectivity index (χ4v) is 7.36. The van der Waals surface area contributed by atoms with Gasteiger partial charge < -0.3 is 19.8 Å². The molecule has 3 atom stereocenters. The molecule has 9 heteroatoms. The summed E-state index contributed by atoms with van der Waals surface area (Å²) in [5.74, 6) is -0.153. The maximum absolute atomic E-state index is 12.8. The van der Waals surface area contributed by atoms with Gasteiger partial charge in [0, 0.05) is 6.42 Å². The quantitative estimate of drug-likeness (QED) is 0.0247. The van der Waals surface area contributed by atoms with Crippen LogP contribution < -0.4 is 5.32 Å². The van der Waals surface area contributed by atoms with Gasteiger partial charge in [-0.05, 0) is 38.5 Å². The number of nitrogens with zero attached hydrogens (tertiary/aromatic N) is 1. The molecule has 1 amide bonds. The first-order valence-corrected chi connectivity index (χ1v) is 24.0. The van der Waals surface area contributed by atoms with E-state index in [0.717, 1.165) is 44.9 Å². The molecule has 3 N–H and O–H groups in total. The molecule has 0 saturated carbocycles. The number of hydrogen-bond donors (Lipinski definition) is 3. The Kier molecular flexibility index (Phi) is 36.3. The molecule has 0 bridgehead atoms. The predicted octanol–water partition coefficient (Wildman–Crippen LogP) is 12.4. The maximum Gasteiger partial charge on any atom is 0.472 e. The topological polar surface area (TPSA) is 105 Å². The first kappa shape index (κ1) is 52.2. The van der Waals surface area contributed by atoms with Crippen molar-refractivity contribution in [2.45, 2.75) is 225 Å². The van der Waals surface area contributed by atoms with E-state index in [-0.39, 0.29) is 19.1 Å². The number of unbranched alkanes of at least 4 members (excludes halogenated alkanes) is 26. The average Bonchev–Trinajstić information content (AvgIpc) is 3.10. The summed E-state index contributed by atoms with van der Waals surface area (Å²) in [5, 5.41) is 13.9. The lowest BCUT2D eigenvalue weighted by molar-refractivity contribution is -0.870. The second-order valence-corrected chi connectivity index (χ2v) is 18.2. The molecule has 0 fully saturated rings. The smallest absolute Gasteiger partial charge is 0.391 e. The lowest BCUT2D eigenvalue weighted by Gasteiger charge is -2.26. The molecule has 0 aromatic heterocycles. The minimum Gasteiger partial charge on any atom is -0.391 e. The molecule has 0 aromatic rings. The average molecular weight is 774 g/mol. The van der Waals surface area contributed by atoms with Crippen molar-refractivity contribution < 1.29 is 32.9 Å². The van der Waals surface area contributed by atoms with Crippen molar-refractivity contribution in [3.63, 3.8) is 0 Å². The van der Waals surface area contributed by atoms with Gasteiger partial charge >= 0.3 is 7.82 Å². The standard InChI is InChI=1S/C44H89N2O6P/c1-6-8-10-12-14-16-17-18-19-20-21-22-23-24-25-26-27-28-30-32-34-36-38-44(48)45-42(41-52-53(49,50)51-40-39-46(3,4)5)43(47)37-35-33-31-29-15-13-11-9-7-2/h15,29,42-43,47H,6-14,16-28,30-41H2,1-5H3,(H-,45,48,49,50)/p+1/b29-15+/t42-,43+/m0/s1. The molecule has 0 heterocycles. The van der Waals surface area contributed by atoms with Crippen LogP contribution in [0.5, 0.6) is 0 Å². The van der Waals surface area contributed by atoms with Crippen molar-refractivity contribution in [2.24, 2.45) is 0 Å². The molecule has 0 rings (SSSR count). The first-order valence-electron chi connectivity index (χ1n) is 22.6. The van der Waals surface area contributed by atoms with Gasteiger partial charge in [-0.25, -0.2) is 4.57 Å². The van der Waals surface area contributed by atoms with E-state index >= 15 is 0 Å². The monoisotopic (exact) mass is 774 g/mol. The highest BCUT2D eigenvalue weighted by Gasteiger charge is 2.28. The Morgan fingerprint density at radius 1 is 0.623 bits per heavy atom. The molecule has 8 nitrogen and oxygen atoms in total. The zero-order valence-electron chi connectivity index (χ0n) is 35.8. The van der Waals surface area contributed by atoms with E-state index in [4.69, 9.17) is 9.05 Å². The number of allylic oxidation sites excluding steroid dienone is 2. The second kappa shape index (κ2) is 36.9. The van der Waals surface area contributed by atoms with Gasteiger partial charge in [-0.1, -0.05) is 180 Å². The van der Waals surface area contributed by atoms with Crippen molar-refractivity contribution in [1.29, 1.82) is 0 Å². The molecule has 0 spiro atoms. The molecule has 0 aromatic carbocycles. The molecular formula is C44H90N2O6P+. The van der Waals surface area contributed by atoms with Crippen LogP contribution in [0.2, 0.25) is 0 Å². The minimum atomic E-state index is -4.31. The van der Waals surface area contributed by atoms with Crippen LogP contribution in [-0.4, -0.2) is 73.4 Å². The Morgan fingerprint density at radius 3 is 1.45 bits per heavy atom. The van der Waals surface area contributed by atoms with Gasteiger partial charge in [-0.2, -0.15) is 0 Å². The summed E-state index contributed by atoms with van der Waals surface area (Å²) in [6, 6.07) is -0.769. The Balaban J connectivity index is 4.16. The molecule has 316 valence electrons. The van der Waals surface area contributed by atoms with E-state index in [9.17, 15) is 19.4 Å². The Morgan fingerprint density at radius 2 is 1.02 bits per heavy atom. The number of amides is 1. The van der Waals surface area contributed by atoms with Gasteiger partial charge in [-0.15, -0.1) is 0 Å². The van der Waals surface area contributed by atoms with Crippen LogP contribution in [0.25, 0.3) is 0 Å². The van der Waals surface area contributed by atoms with E-state index in [0.29, 0.717) is 23.9 Å². The number of rotatable bonds is 41. The molecule has 1 unspecified atom stereocenters. The van der Waals surface area contributed by atoms with Gasteiger partial charge in [0.05, 0.1) is 39.9 Å². The van der Waals surface area contributed by atoms with Crippen LogP contribution in [0.3, 0.4) is 0 Å². The third-order valence-corrected chi connectivity index (χ3v) is 11.2. The molecule has 53 heavy (non-hydrogen) atoms. The number of aliphatic hydroxyl groups is 1. The number of hydrogen-bond acceptors (Lipinski definition) is 5. The summed E-state index contributed by atoms with van der Waals surface area (Å²) in [7, 11) is 1.60. The highest BCUT2D eigenvalue weighted by atomic mass is 31.2. The van der Waals surface area contributed by atoms with Crippen molar-refractivity contribution in [3.05, 3.63) is 12.2 Å².